The largest absolute Gasteiger partial charge is 0.394 e. The lowest BCUT2D eigenvalue weighted by Gasteiger charge is -2.26. The van der Waals surface area contributed by atoms with Gasteiger partial charge in [-0.05, 0) is 38.5 Å². The van der Waals surface area contributed by atoms with Crippen LogP contribution in [0.5, 0.6) is 0 Å². The molecular formula is C58H115NO4. The van der Waals surface area contributed by atoms with Gasteiger partial charge in [0.05, 0.1) is 18.8 Å². The Morgan fingerprint density at radius 3 is 0.921 bits per heavy atom. The van der Waals surface area contributed by atoms with Gasteiger partial charge in [0.15, 0.2) is 0 Å². The summed E-state index contributed by atoms with van der Waals surface area (Å²) in [5.74, 6) is -0.147. The van der Waals surface area contributed by atoms with Crippen LogP contribution in [0.1, 0.15) is 328 Å². The van der Waals surface area contributed by atoms with E-state index in [4.69, 9.17) is 0 Å². The molecule has 0 heterocycles. The van der Waals surface area contributed by atoms with Gasteiger partial charge in [0, 0.05) is 6.42 Å². The average Bonchev–Trinajstić information content (AvgIpc) is 3.29. The van der Waals surface area contributed by atoms with Crippen molar-refractivity contribution in [2.24, 2.45) is 0 Å². The third-order valence-corrected chi connectivity index (χ3v) is 13.9. The molecule has 0 spiro atoms. The Hall–Kier alpha value is -0.910. The summed E-state index contributed by atoms with van der Waals surface area (Å²) in [6, 6.07) is -0.822. The minimum absolute atomic E-state index is 0.147. The van der Waals surface area contributed by atoms with Gasteiger partial charge in [0.25, 0.3) is 0 Å². The van der Waals surface area contributed by atoms with Crippen molar-refractivity contribution in [1.29, 1.82) is 0 Å². The van der Waals surface area contributed by atoms with Crippen molar-refractivity contribution in [2.45, 2.75) is 347 Å². The molecule has 0 aliphatic carbocycles. The number of unbranched alkanes of at least 4 members (excludes halogenated alkanes) is 44. The molecule has 3 atom stereocenters. The number of carbonyl (C=O) groups is 1. The number of aliphatic hydroxyl groups excluding tert-OH is 3. The highest BCUT2D eigenvalue weighted by molar-refractivity contribution is 5.76. The van der Waals surface area contributed by atoms with E-state index in [0.717, 1.165) is 38.5 Å². The number of hydrogen-bond donors (Lipinski definition) is 4. The van der Waals surface area contributed by atoms with Gasteiger partial charge in [-0.3, -0.25) is 4.79 Å². The predicted molar refractivity (Wildman–Crippen MR) is 278 cm³/mol. The molecule has 0 aliphatic heterocycles. The molecule has 376 valence electrons. The average molecular weight is 891 g/mol. The molecular weight excluding hydrogens is 775 g/mol. The van der Waals surface area contributed by atoms with Crippen molar-refractivity contribution in [3.8, 4) is 0 Å². The fourth-order valence-corrected chi connectivity index (χ4v) is 9.40. The molecule has 0 fully saturated rings. The van der Waals surface area contributed by atoms with Crippen molar-refractivity contribution < 1.29 is 20.1 Å². The maximum atomic E-state index is 12.5. The fourth-order valence-electron chi connectivity index (χ4n) is 9.40. The Morgan fingerprint density at radius 1 is 0.381 bits per heavy atom. The summed E-state index contributed by atoms with van der Waals surface area (Å²) in [6.45, 7) is 4.21. The molecule has 0 aromatic heterocycles. The predicted octanol–water partition coefficient (Wildman–Crippen LogP) is 17.9. The summed E-state index contributed by atoms with van der Waals surface area (Å²) in [4.78, 5) is 12.5. The Kier molecular flexibility index (Phi) is 52.9. The van der Waals surface area contributed by atoms with Gasteiger partial charge in [-0.1, -0.05) is 296 Å². The second-order valence-electron chi connectivity index (χ2n) is 20.2. The molecule has 0 radical (unpaired) electrons. The third kappa shape index (κ3) is 48.8. The second kappa shape index (κ2) is 53.7. The van der Waals surface area contributed by atoms with Crippen LogP contribution in [0.2, 0.25) is 0 Å². The zero-order valence-electron chi connectivity index (χ0n) is 43.0. The molecule has 4 N–H and O–H groups in total. The molecule has 0 aliphatic rings. The first kappa shape index (κ1) is 62.1. The van der Waals surface area contributed by atoms with Crippen LogP contribution in [0.25, 0.3) is 0 Å². The highest BCUT2D eigenvalue weighted by atomic mass is 16.3. The zero-order valence-corrected chi connectivity index (χ0v) is 43.0. The molecule has 0 aromatic carbocycles. The van der Waals surface area contributed by atoms with E-state index in [2.05, 4.69) is 31.3 Å². The van der Waals surface area contributed by atoms with E-state index in [1.807, 2.05) is 0 Å². The van der Waals surface area contributed by atoms with E-state index in [1.54, 1.807) is 0 Å². The van der Waals surface area contributed by atoms with Crippen molar-refractivity contribution in [3.63, 3.8) is 0 Å². The summed E-state index contributed by atoms with van der Waals surface area (Å²) in [7, 11) is 0. The number of nitrogens with one attached hydrogen (secondary N) is 1. The summed E-state index contributed by atoms with van der Waals surface area (Å²) >= 11 is 0. The quantitative estimate of drug-likeness (QED) is 0.0362. The van der Waals surface area contributed by atoms with Crippen LogP contribution >= 0.6 is 0 Å². The van der Waals surface area contributed by atoms with E-state index in [1.165, 1.54) is 263 Å². The number of amides is 1. The number of rotatable bonds is 54. The molecule has 0 saturated heterocycles. The highest BCUT2D eigenvalue weighted by Crippen LogP contribution is 2.18. The van der Waals surface area contributed by atoms with Crippen LogP contribution in [0.4, 0.5) is 0 Å². The van der Waals surface area contributed by atoms with Crippen LogP contribution < -0.4 is 5.32 Å². The van der Waals surface area contributed by atoms with Crippen molar-refractivity contribution in [3.05, 3.63) is 12.2 Å². The van der Waals surface area contributed by atoms with Crippen LogP contribution in [0.15, 0.2) is 12.2 Å². The number of carbonyl (C=O) groups excluding carboxylic acids is 1. The molecule has 0 rings (SSSR count). The Balaban J connectivity index is 3.47. The Bertz CT molecular complexity index is 894. The van der Waals surface area contributed by atoms with Crippen LogP contribution in [-0.2, 0) is 4.79 Å². The van der Waals surface area contributed by atoms with E-state index in [9.17, 15) is 20.1 Å². The summed E-state index contributed by atoms with van der Waals surface area (Å²) in [5, 5.41) is 33.7. The molecule has 0 aromatic rings. The number of aliphatic hydroxyl groups is 3. The van der Waals surface area contributed by atoms with Gasteiger partial charge in [0.1, 0.15) is 6.10 Å². The van der Waals surface area contributed by atoms with Crippen LogP contribution in [0.3, 0.4) is 0 Å². The third-order valence-electron chi connectivity index (χ3n) is 13.9. The number of hydrogen-bond acceptors (Lipinski definition) is 4. The summed E-state index contributed by atoms with van der Waals surface area (Å²) in [5.41, 5.74) is 0. The lowest BCUT2D eigenvalue weighted by molar-refractivity contribution is -0.124. The highest BCUT2D eigenvalue weighted by Gasteiger charge is 2.26. The second-order valence-corrected chi connectivity index (χ2v) is 20.2. The fraction of sp³-hybridized carbons (Fsp3) is 0.948. The Morgan fingerprint density at radius 2 is 0.635 bits per heavy atom. The normalized spacial score (nSPS) is 13.3. The summed E-state index contributed by atoms with van der Waals surface area (Å²) < 4.78 is 0. The molecule has 0 bridgehead atoms. The molecule has 3 unspecified atom stereocenters. The van der Waals surface area contributed by atoms with Gasteiger partial charge in [-0.25, -0.2) is 0 Å². The van der Waals surface area contributed by atoms with Crippen molar-refractivity contribution in [1.82, 2.24) is 5.32 Å². The first-order valence-electron chi connectivity index (χ1n) is 29.0. The van der Waals surface area contributed by atoms with Gasteiger partial charge in [-0.15, -0.1) is 0 Å². The molecule has 5 nitrogen and oxygen atoms in total. The van der Waals surface area contributed by atoms with E-state index < -0.39 is 18.2 Å². The van der Waals surface area contributed by atoms with E-state index in [0.29, 0.717) is 12.8 Å². The van der Waals surface area contributed by atoms with Gasteiger partial charge in [-0.2, -0.15) is 0 Å². The molecule has 63 heavy (non-hydrogen) atoms. The van der Waals surface area contributed by atoms with E-state index in [-0.39, 0.29) is 12.5 Å². The lowest BCUT2D eigenvalue weighted by atomic mass is 10.0. The van der Waals surface area contributed by atoms with Gasteiger partial charge < -0.3 is 20.6 Å². The van der Waals surface area contributed by atoms with E-state index >= 15 is 0 Å². The Labute approximate surface area is 395 Å². The topological polar surface area (TPSA) is 89.8 Å². The minimum Gasteiger partial charge on any atom is -0.394 e. The standard InChI is InChI=1S/C58H115NO4/c1-3-5-7-9-11-13-15-17-19-21-22-23-24-25-26-27-28-29-30-31-32-33-34-35-37-39-41-43-45-47-49-51-53-57(62)59-55(54-60)58(63)56(61)52-50-48-46-44-42-40-38-36-20-18-16-14-12-10-8-6-4-2/h44,46,55-56,58,60-61,63H,3-43,45,47-54H2,1-2H3,(H,59,62)/b46-44+. The maximum absolute atomic E-state index is 12.5. The SMILES string of the molecule is CCCCCCCCCCCCCC/C=C/CCCC(O)C(O)C(CO)NC(=O)CCCCCCCCCCCCCCCCCCCCCCCCCCCCCCCCCC. The minimum atomic E-state index is -1.16. The first-order valence-corrected chi connectivity index (χ1v) is 29.0. The summed E-state index contributed by atoms with van der Waals surface area (Å²) in [6.07, 6.45) is 66.7. The zero-order chi connectivity index (χ0) is 45.8. The van der Waals surface area contributed by atoms with Crippen LogP contribution in [0, 0.1) is 0 Å². The van der Waals surface area contributed by atoms with Crippen molar-refractivity contribution >= 4 is 5.91 Å². The van der Waals surface area contributed by atoms with Crippen LogP contribution in [-0.4, -0.2) is 46.1 Å². The van der Waals surface area contributed by atoms with Gasteiger partial charge in [0.2, 0.25) is 5.91 Å². The monoisotopic (exact) mass is 890 g/mol. The van der Waals surface area contributed by atoms with Gasteiger partial charge >= 0.3 is 0 Å². The lowest BCUT2D eigenvalue weighted by Crippen LogP contribution is -2.50. The number of allylic oxidation sites excluding steroid dienone is 2. The first-order chi connectivity index (χ1) is 31.1. The molecule has 0 saturated carbocycles. The smallest absolute Gasteiger partial charge is 0.220 e. The molecule has 5 heteroatoms. The molecule has 1 amide bonds. The van der Waals surface area contributed by atoms with Crippen molar-refractivity contribution in [2.75, 3.05) is 6.61 Å². The maximum Gasteiger partial charge on any atom is 0.220 e.